The summed E-state index contributed by atoms with van der Waals surface area (Å²) in [5, 5.41) is 10.4. The third kappa shape index (κ3) is 4.23. The van der Waals surface area contributed by atoms with Crippen molar-refractivity contribution < 1.29 is 9.53 Å². The molecule has 2 aliphatic heterocycles. The maximum absolute atomic E-state index is 11.8. The molecule has 3 heterocycles. The molecule has 4 rings (SSSR count). The first-order valence-electron chi connectivity index (χ1n) is 11.0. The van der Waals surface area contributed by atoms with Crippen LogP contribution in [0.5, 0.6) is 0 Å². The summed E-state index contributed by atoms with van der Waals surface area (Å²) < 4.78 is 6.28. The van der Waals surface area contributed by atoms with Crippen LogP contribution in [-0.2, 0) is 9.53 Å². The Morgan fingerprint density at radius 3 is 2.87 bits per heavy atom. The predicted molar refractivity (Wildman–Crippen MR) is 121 cm³/mol. The second kappa shape index (κ2) is 8.45. The van der Waals surface area contributed by atoms with E-state index in [1.165, 1.54) is 0 Å². The number of likely N-dealkylation sites (tertiary alicyclic amines) is 1. The highest BCUT2D eigenvalue weighted by molar-refractivity contribution is 5.95. The van der Waals surface area contributed by atoms with Gasteiger partial charge in [-0.1, -0.05) is 13.8 Å². The highest BCUT2D eigenvalue weighted by Crippen LogP contribution is 2.35. The van der Waals surface area contributed by atoms with Crippen molar-refractivity contribution in [2.75, 3.05) is 37.6 Å². The van der Waals surface area contributed by atoms with Gasteiger partial charge in [-0.2, -0.15) is 5.26 Å². The minimum Gasteiger partial charge on any atom is -0.370 e. The second-order valence-electron chi connectivity index (χ2n) is 9.45. The van der Waals surface area contributed by atoms with Gasteiger partial charge in [-0.05, 0) is 50.1 Å². The number of rotatable bonds is 5. The first kappa shape index (κ1) is 21.5. The minimum atomic E-state index is -0.490. The number of nitriles is 1. The number of hydrogen-bond donors (Lipinski definition) is 1. The van der Waals surface area contributed by atoms with Crippen LogP contribution in [0.25, 0.3) is 10.9 Å². The van der Waals surface area contributed by atoms with Crippen molar-refractivity contribution in [3.63, 3.8) is 0 Å². The van der Waals surface area contributed by atoms with Crippen LogP contribution >= 0.6 is 0 Å². The van der Waals surface area contributed by atoms with Crippen molar-refractivity contribution in [3.8, 4) is 6.07 Å². The second-order valence-corrected chi connectivity index (χ2v) is 9.45. The van der Waals surface area contributed by atoms with Crippen molar-refractivity contribution in [1.82, 2.24) is 9.88 Å². The number of primary amides is 1. The lowest BCUT2D eigenvalue weighted by Crippen LogP contribution is -2.51. The summed E-state index contributed by atoms with van der Waals surface area (Å²) in [5.41, 5.74) is 7.58. The summed E-state index contributed by atoms with van der Waals surface area (Å²) in [6, 6.07) is 10.1. The van der Waals surface area contributed by atoms with Crippen LogP contribution in [0.4, 0.5) is 5.69 Å². The third-order valence-electron chi connectivity index (χ3n) is 6.92. The van der Waals surface area contributed by atoms with Crippen molar-refractivity contribution in [1.29, 1.82) is 5.26 Å². The molecular formula is C24H31N5O2. The lowest BCUT2D eigenvalue weighted by molar-refractivity contribution is -0.128. The van der Waals surface area contributed by atoms with Gasteiger partial charge in [0, 0.05) is 48.9 Å². The fourth-order valence-electron chi connectivity index (χ4n) is 4.94. The van der Waals surface area contributed by atoms with Crippen LogP contribution in [0.3, 0.4) is 0 Å². The van der Waals surface area contributed by atoms with E-state index in [4.69, 9.17) is 10.5 Å². The molecule has 2 N–H and O–H groups in total. The van der Waals surface area contributed by atoms with Gasteiger partial charge in [-0.3, -0.25) is 9.78 Å². The van der Waals surface area contributed by atoms with E-state index in [0.29, 0.717) is 5.56 Å². The van der Waals surface area contributed by atoms with Gasteiger partial charge in [0.25, 0.3) is 0 Å². The van der Waals surface area contributed by atoms with E-state index >= 15 is 0 Å². The average Bonchev–Trinajstić information content (AvgIpc) is 3.21. The smallest absolute Gasteiger partial charge is 0.223 e. The topological polar surface area (TPSA) is 95.5 Å². The molecule has 1 aromatic carbocycles. The number of amides is 1. The van der Waals surface area contributed by atoms with E-state index in [0.717, 1.165) is 55.7 Å². The number of ether oxygens (including phenoxy) is 1. The van der Waals surface area contributed by atoms with Gasteiger partial charge in [0.1, 0.15) is 6.07 Å². The number of nitrogens with two attached hydrogens (primary N) is 1. The van der Waals surface area contributed by atoms with E-state index < -0.39 is 5.41 Å². The Morgan fingerprint density at radius 2 is 2.13 bits per heavy atom. The Kier molecular flexibility index (Phi) is 5.87. The molecule has 0 saturated carbocycles. The summed E-state index contributed by atoms with van der Waals surface area (Å²) in [6.45, 7) is 10.2. The maximum Gasteiger partial charge on any atom is 0.223 e. The molecule has 7 heteroatoms. The molecule has 2 saturated heterocycles. The van der Waals surface area contributed by atoms with Crippen LogP contribution in [0.2, 0.25) is 0 Å². The molecule has 31 heavy (non-hydrogen) atoms. The highest BCUT2D eigenvalue weighted by atomic mass is 16.5. The van der Waals surface area contributed by atoms with Crippen molar-refractivity contribution in [3.05, 3.63) is 36.0 Å². The van der Waals surface area contributed by atoms with Crippen LogP contribution < -0.4 is 10.6 Å². The molecular weight excluding hydrogens is 390 g/mol. The summed E-state index contributed by atoms with van der Waals surface area (Å²) >= 11 is 0. The summed E-state index contributed by atoms with van der Waals surface area (Å²) in [7, 11) is 0. The lowest BCUT2D eigenvalue weighted by atomic mass is 9.78. The monoisotopic (exact) mass is 421 g/mol. The molecule has 2 aliphatic rings. The number of morpholine rings is 1. The van der Waals surface area contributed by atoms with E-state index in [-0.39, 0.29) is 24.0 Å². The average molecular weight is 422 g/mol. The Morgan fingerprint density at radius 1 is 1.32 bits per heavy atom. The number of hydrogen-bond acceptors (Lipinski definition) is 6. The zero-order chi connectivity index (χ0) is 22.2. The van der Waals surface area contributed by atoms with Crippen molar-refractivity contribution >= 4 is 22.5 Å². The predicted octanol–water partition coefficient (Wildman–Crippen LogP) is 2.53. The largest absolute Gasteiger partial charge is 0.370 e. The van der Waals surface area contributed by atoms with Crippen molar-refractivity contribution in [2.45, 2.75) is 39.4 Å². The van der Waals surface area contributed by atoms with Gasteiger partial charge in [0.2, 0.25) is 5.91 Å². The molecule has 0 aliphatic carbocycles. The standard InChI is InChI=1S/C24H31N5O2/c1-16-12-29(21-7-6-17(11-25)22-20(21)5-4-9-27-22)15-19(31-16)14-28-10-8-18(13-28)24(2,3)23(26)30/h4-7,9,16,18-19H,8,10,12-15H2,1-3H3,(H2,26,30)/t16-,18+,19+/m1/s1. The number of fused-ring (bicyclic) bond motifs is 1. The summed E-state index contributed by atoms with van der Waals surface area (Å²) in [4.78, 5) is 21.0. The molecule has 3 atom stereocenters. The SMILES string of the molecule is C[C@@H]1CN(c2ccc(C#N)c3ncccc23)C[C@H](CN2CC[C@H](C(C)(C)C(N)=O)C2)O1. The first-order chi connectivity index (χ1) is 14.8. The van der Waals surface area contributed by atoms with E-state index in [1.54, 1.807) is 6.20 Å². The highest BCUT2D eigenvalue weighted by Gasteiger charge is 2.40. The fraction of sp³-hybridized carbons (Fsp3) is 0.542. The third-order valence-corrected chi connectivity index (χ3v) is 6.92. The van der Waals surface area contributed by atoms with E-state index in [9.17, 15) is 10.1 Å². The summed E-state index contributed by atoms with van der Waals surface area (Å²) in [6.07, 6.45) is 2.88. The number of nitrogens with zero attached hydrogens (tertiary/aromatic N) is 4. The number of benzene rings is 1. The quantitative estimate of drug-likeness (QED) is 0.797. The Labute approximate surface area is 183 Å². The molecule has 1 amide bonds. The Bertz CT molecular complexity index is 1010. The van der Waals surface area contributed by atoms with Crippen LogP contribution in [0, 0.1) is 22.7 Å². The first-order valence-corrected chi connectivity index (χ1v) is 11.0. The number of carbonyl (C=O) groups is 1. The molecule has 2 aromatic rings. The lowest BCUT2D eigenvalue weighted by Gasteiger charge is -2.40. The minimum absolute atomic E-state index is 0.0709. The number of anilines is 1. The van der Waals surface area contributed by atoms with Gasteiger partial charge in [-0.15, -0.1) is 0 Å². The van der Waals surface area contributed by atoms with Gasteiger partial charge >= 0.3 is 0 Å². The summed E-state index contributed by atoms with van der Waals surface area (Å²) in [5.74, 6) is 0.0463. The van der Waals surface area contributed by atoms with Crippen LogP contribution in [-0.4, -0.2) is 60.7 Å². The van der Waals surface area contributed by atoms with E-state index in [2.05, 4.69) is 27.8 Å². The molecule has 0 spiro atoms. The number of pyridine rings is 1. The maximum atomic E-state index is 11.8. The van der Waals surface area contributed by atoms with Gasteiger partial charge in [0.05, 0.1) is 23.3 Å². The molecule has 164 valence electrons. The van der Waals surface area contributed by atoms with Gasteiger partial charge in [0.15, 0.2) is 0 Å². The van der Waals surface area contributed by atoms with Crippen molar-refractivity contribution in [2.24, 2.45) is 17.1 Å². The zero-order valence-electron chi connectivity index (χ0n) is 18.5. The number of carbonyl (C=O) groups excluding carboxylic acids is 1. The Balaban J connectivity index is 1.50. The van der Waals surface area contributed by atoms with Gasteiger partial charge < -0.3 is 20.3 Å². The normalized spacial score (nSPS) is 25.0. The Hall–Kier alpha value is -2.69. The molecule has 1 aromatic heterocycles. The molecule has 0 bridgehead atoms. The molecule has 0 unspecified atom stereocenters. The van der Waals surface area contributed by atoms with Gasteiger partial charge in [-0.25, -0.2) is 0 Å². The number of aromatic nitrogens is 1. The zero-order valence-corrected chi connectivity index (χ0v) is 18.5. The molecule has 0 radical (unpaired) electrons. The van der Waals surface area contributed by atoms with Crippen LogP contribution in [0.15, 0.2) is 30.5 Å². The van der Waals surface area contributed by atoms with E-state index in [1.807, 2.05) is 38.1 Å². The molecule has 2 fully saturated rings. The fourth-order valence-corrected chi connectivity index (χ4v) is 4.94. The van der Waals surface area contributed by atoms with Crippen LogP contribution in [0.1, 0.15) is 32.8 Å². The molecule has 7 nitrogen and oxygen atoms in total.